The first-order valence-electron chi connectivity index (χ1n) is 8.23. The summed E-state index contributed by atoms with van der Waals surface area (Å²) in [7, 11) is 0. The zero-order valence-corrected chi connectivity index (χ0v) is 14.0. The predicted molar refractivity (Wildman–Crippen MR) is 98.7 cm³/mol. The maximum Gasteiger partial charge on any atom is 0.253 e. The number of nitrogens with zero attached hydrogens (tertiary/aromatic N) is 2. The van der Waals surface area contributed by atoms with Crippen molar-refractivity contribution in [1.29, 1.82) is 0 Å². The normalized spacial score (nSPS) is 11.2. The van der Waals surface area contributed by atoms with E-state index in [1.54, 1.807) is 0 Å². The van der Waals surface area contributed by atoms with Crippen LogP contribution >= 0.6 is 0 Å². The lowest BCUT2D eigenvalue weighted by Crippen LogP contribution is -2.30. The number of aromatic nitrogens is 2. The van der Waals surface area contributed by atoms with Crippen molar-refractivity contribution in [2.24, 2.45) is 0 Å². The molecule has 0 aliphatic carbocycles. The molecule has 0 aliphatic rings. The van der Waals surface area contributed by atoms with Gasteiger partial charge in [-0.3, -0.25) is 9.89 Å². The molecule has 1 aromatic heterocycles. The van der Waals surface area contributed by atoms with Crippen molar-refractivity contribution in [1.82, 2.24) is 15.1 Å². The van der Waals surface area contributed by atoms with Crippen LogP contribution in [-0.4, -0.2) is 34.1 Å². The number of aromatic amines is 1. The van der Waals surface area contributed by atoms with Crippen molar-refractivity contribution in [2.75, 3.05) is 13.1 Å². The van der Waals surface area contributed by atoms with Gasteiger partial charge in [-0.15, -0.1) is 0 Å². The van der Waals surface area contributed by atoms with Gasteiger partial charge in [-0.1, -0.05) is 36.4 Å². The van der Waals surface area contributed by atoms with Crippen LogP contribution in [0.15, 0.2) is 48.5 Å². The quantitative estimate of drug-likeness (QED) is 0.765. The van der Waals surface area contributed by atoms with Gasteiger partial charge in [0.1, 0.15) is 0 Å². The van der Waals surface area contributed by atoms with Crippen molar-refractivity contribution < 1.29 is 4.79 Å². The van der Waals surface area contributed by atoms with Gasteiger partial charge in [0.25, 0.3) is 5.91 Å². The zero-order chi connectivity index (χ0) is 16.9. The second kappa shape index (κ2) is 7.13. The number of hydrogen-bond acceptors (Lipinski definition) is 2. The predicted octanol–water partition coefficient (Wildman–Crippen LogP) is 4.22. The molecular formula is C20H21N3O. The number of fused-ring (bicyclic) bond motifs is 1. The molecule has 1 heterocycles. The topological polar surface area (TPSA) is 49.0 Å². The van der Waals surface area contributed by atoms with Gasteiger partial charge < -0.3 is 4.90 Å². The third-order valence-corrected chi connectivity index (χ3v) is 4.14. The van der Waals surface area contributed by atoms with Gasteiger partial charge in [-0.05, 0) is 43.7 Å². The fourth-order valence-corrected chi connectivity index (χ4v) is 2.72. The summed E-state index contributed by atoms with van der Waals surface area (Å²) in [4.78, 5) is 14.1. The van der Waals surface area contributed by atoms with Crippen molar-refractivity contribution in [3.05, 3.63) is 65.4 Å². The fraction of sp³-hybridized carbons (Fsp3) is 0.200. The molecule has 24 heavy (non-hydrogen) atoms. The van der Waals surface area contributed by atoms with Crippen LogP contribution in [0.25, 0.3) is 23.1 Å². The standard InChI is InChI=1S/C20H21N3O/c1-3-23(4-2)20(24)16-12-9-15(10-13-16)11-14-19-17-7-5-6-8-18(17)21-22-19/h5-14H,3-4H2,1-2H3,(H,21,22)/b14-11+. The number of carbonyl (C=O) groups is 1. The van der Waals surface area contributed by atoms with Gasteiger partial charge in [-0.2, -0.15) is 5.10 Å². The fourth-order valence-electron chi connectivity index (χ4n) is 2.72. The molecule has 0 saturated heterocycles. The molecule has 4 nitrogen and oxygen atoms in total. The van der Waals surface area contributed by atoms with Crippen molar-refractivity contribution in [3.63, 3.8) is 0 Å². The summed E-state index contributed by atoms with van der Waals surface area (Å²) in [5.74, 6) is 0.0776. The van der Waals surface area contributed by atoms with Gasteiger partial charge in [-0.25, -0.2) is 0 Å². The van der Waals surface area contributed by atoms with E-state index in [0.717, 1.165) is 40.8 Å². The van der Waals surface area contributed by atoms with Gasteiger partial charge in [0.15, 0.2) is 0 Å². The molecule has 2 aromatic carbocycles. The van der Waals surface area contributed by atoms with Crippen LogP contribution in [-0.2, 0) is 0 Å². The molecule has 0 unspecified atom stereocenters. The molecule has 0 saturated carbocycles. The molecule has 3 rings (SSSR count). The number of amides is 1. The minimum Gasteiger partial charge on any atom is -0.339 e. The number of benzene rings is 2. The Hall–Kier alpha value is -2.88. The minimum atomic E-state index is 0.0776. The van der Waals surface area contributed by atoms with Crippen molar-refractivity contribution in [2.45, 2.75) is 13.8 Å². The Morgan fingerprint density at radius 2 is 1.75 bits per heavy atom. The van der Waals surface area contributed by atoms with Crippen LogP contribution in [0.3, 0.4) is 0 Å². The molecule has 0 radical (unpaired) electrons. The molecule has 122 valence electrons. The number of carbonyl (C=O) groups excluding carboxylic acids is 1. The van der Waals surface area contributed by atoms with Crippen LogP contribution in [0.1, 0.15) is 35.5 Å². The smallest absolute Gasteiger partial charge is 0.253 e. The number of nitrogens with one attached hydrogen (secondary N) is 1. The van der Waals surface area contributed by atoms with Crippen LogP contribution in [0.2, 0.25) is 0 Å². The largest absolute Gasteiger partial charge is 0.339 e. The lowest BCUT2D eigenvalue weighted by Gasteiger charge is -2.18. The Balaban J connectivity index is 1.78. The molecule has 0 spiro atoms. The molecular weight excluding hydrogens is 298 g/mol. The van der Waals surface area contributed by atoms with Gasteiger partial charge in [0, 0.05) is 24.0 Å². The third-order valence-electron chi connectivity index (χ3n) is 4.14. The first-order valence-corrected chi connectivity index (χ1v) is 8.23. The Kier molecular flexibility index (Phi) is 4.75. The van der Waals surface area contributed by atoms with Gasteiger partial charge in [0.2, 0.25) is 0 Å². The van der Waals surface area contributed by atoms with Crippen LogP contribution in [0.4, 0.5) is 0 Å². The second-order valence-corrected chi connectivity index (χ2v) is 5.59. The average Bonchev–Trinajstić information content (AvgIpc) is 3.04. The summed E-state index contributed by atoms with van der Waals surface area (Å²) < 4.78 is 0. The number of hydrogen-bond donors (Lipinski definition) is 1. The summed E-state index contributed by atoms with van der Waals surface area (Å²) in [6.45, 7) is 5.44. The van der Waals surface area contributed by atoms with Crippen LogP contribution in [0.5, 0.6) is 0 Å². The van der Waals surface area contributed by atoms with Crippen molar-refractivity contribution >= 4 is 29.0 Å². The first kappa shape index (κ1) is 16.0. The molecule has 4 heteroatoms. The lowest BCUT2D eigenvalue weighted by atomic mass is 10.1. The highest BCUT2D eigenvalue weighted by Gasteiger charge is 2.11. The molecule has 1 N–H and O–H groups in total. The summed E-state index contributed by atoms with van der Waals surface area (Å²) >= 11 is 0. The highest BCUT2D eigenvalue weighted by Crippen LogP contribution is 2.18. The first-order chi connectivity index (χ1) is 11.7. The van der Waals surface area contributed by atoms with Crippen molar-refractivity contribution in [3.8, 4) is 0 Å². The molecule has 0 aliphatic heterocycles. The van der Waals surface area contributed by atoms with Gasteiger partial charge >= 0.3 is 0 Å². The van der Waals surface area contributed by atoms with Crippen LogP contribution < -0.4 is 0 Å². The van der Waals surface area contributed by atoms with Gasteiger partial charge in [0.05, 0.1) is 11.2 Å². The zero-order valence-electron chi connectivity index (χ0n) is 14.0. The third kappa shape index (κ3) is 3.23. The Labute approximate surface area is 141 Å². The van der Waals surface area contributed by atoms with E-state index in [0.29, 0.717) is 0 Å². The lowest BCUT2D eigenvalue weighted by molar-refractivity contribution is 0.0773. The van der Waals surface area contributed by atoms with E-state index in [1.807, 2.05) is 79.4 Å². The number of para-hydroxylation sites is 1. The Morgan fingerprint density at radius 1 is 1.04 bits per heavy atom. The maximum absolute atomic E-state index is 12.3. The summed E-state index contributed by atoms with van der Waals surface area (Å²) in [5.41, 5.74) is 3.70. The van der Waals surface area contributed by atoms with E-state index >= 15 is 0 Å². The monoisotopic (exact) mass is 319 g/mol. The second-order valence-electron chi connectivity index (χ2n) is 5.59. The van der Waals surface area contributed by atoms with E-state index in [1.165, 1.54) is 0 Å². The average molecular weight is 319 g/mol. The van der Waals surface area contributed by atoms with E-state index in [2.05, 4.69) is 10.2 Å². The highest BCUT2D eigenvalue weighted by molar-refractivity contribution is 5.94. The highest BCUT2D eigenvalue weighted by atomic mass is 16.2. The molecule has 0 fully saturated rings. The Morgan fingerprint density at radius 3 is 2.46 bits per heavy atom. The van der Waals surface area contributed by atoms with E-state index in [-0.39, 0.29) is 5.91 Å². The SMILES string of the molecule is CCN(CC)C(=O)c1ccc(/C=C/c2n[nH]c3ccccc23)cc1. The van der Waals surface area contributed by atoms with E-state index in [4.69, 9.17) is 0 Å². The maximum atomic E-state index is 12.3. The van der Waals surface area contributed by atoms with E-state index < -0.39 is 0 Å². The number of H-pyrrole nitrogens is 1. The summed E-state index contributed by atoms with van der Waals surface area (Å²) in [5, 5.41) is 8.45. The molecule has 0 atom stereocenters. The summed E-state index contributed by atoms with van der Waals surface area (Å²) in [6, 6.07) is 15.7. The summed E-state index contributed by atoms with van der Waals surface area (Å²) in [6.07, 6.45) is 3.99. The molecule has 3 aromatic rings. The number of rotatable bonds is 5. The van der Waals surface area contributed by atoms with E-state index in [9.17, 15) is 4.79 Å². The van der Waals surface area contributed by atoms with Crippen LogP contribution in [0, 0.1) is 0 Å². The minimum absolute atomic E-state index is 0.0776. The molecule has 0 bridgehead atoms. The molecule has 1 amide bonds. The Bertz CT molecular complexity index is 858.